The summed E-state index contributed by atoms with van der Waals surface area (Å²) in [6.07, 6.45) is 1.78. The van der Waals surface area contributed by atoms with E-state index in [4.69, 9.17) is 9.47 Å². The third-order valence-electron chi connectivity index (χ3n) is 2.49. The Labute approximate surface area is 142 Å². The molecule has 0 spiro atoms. The van der Waals surface area contributed by atoms with Crippen LogP contribution in [-0.2, 0) is 16.2 Å². The number of hydrogen-bond donors (Lipinski definition) is 0. The second-order valence-corrected chi connectivity index (χ2v) is 12.0. The van der Waals surface area contributed by atoms with Crippen LogP contribution in [0.15, 0.2) is 10.7 Å². The number of aromatic nitrogens is 1. The number of nitrogens with zero attached hydrogens (tertiary/aromatic N) is 1. The fourth-order valence-corrected chi connectivity index (χ4v) is 2.62. The van der Waals surface area contributed by atoms with E-state index in [0.29, 0.717) is 25.6 Å². The van der Waals surface area contributed by atoms with Crippen molar-refractivity contribution in [3.63, 3.8) is 0 Å². The molecule has 0 saturated carbocycles. The average Bonchev–Trinajstić information content (AvgIpc) is 2.65. The van der Waals surface area contributed by atoms with Gasteiger partial charge in [-0.1, -0.05) is 46.2 Å². The molecule has 0 bridgehead atoms. The van der Waals surface area contributed by atoms with Crippen LogP contribution in [0.3, 0.4) is 0 Å². The van der Waals surface area contributed by atoms with Crippen molar-refractivity contribution in [2.24, 2.45) is 0 Å². The Hall–Kier alpha value is 0.00429. The molecule has 1 rings (SSSR count). The Bertz CT molecular complexity index is 432. The first-order chi connectivity index (χ1) is 8.83. The normalized spacial score (nSPS) is 11.1. The first kappa shape index (κ1) is 20.0. The Morgan fingerprint density at radius 3 is 2.65 bits per heavy atom. The maximum absolute atomic E-state index is 11.7. The summed E-state index contributed by atoms with van der Waals surface area (Å²) < 4.78 is 13.0. The molecule has 108 valence electrons. The van der Waals surface area contributed by atoms with E-state index in [2.05, 4.69) is 41.6 Å². The number of halogens is 1. The summed E-state index contributed by atoms with van der Waals surface area (Å²) >= 11 is 3.31. The number of esters is 1. The molecule has 0 unspecified atom stereocenters. The van der Waals surface area contributed by atoms with Gasteiger partial charge in [0, 0.05) is 20.4 Å². The first-order valence-electron chi connectivity index (χ1n) is 6.36. The largest absolute Gasteiger partial charge is 1.00 e. The van der Waals surface area contributed by atoms with E-state index >= 15 is 0 Å². The first-order valence-corrected chi connectivity index (χ1v) is 10.9. The standard InChI is InChI=1S/C13H21BrNO3Si.Li/c1-5-18-13(16)12-8-11(14)9-15(12)10-17-6-7-19(2,3)4;/h9H,5-7,10H2,1-4H3;/q-1;+1. The maximum atomic E-state index is 11.7. The zero-order chi connectivity index (χ0) is 14.5. The molecule has 0 radical (unpaired) electrons. The van der Waals surface area contributed by atoms with Crippen LogP contribution in [0.1, 0.15) is 17.4 Å². The van der Waals surface area contributed by atoms with E-state index in [1.54, 1.807) is 17.7 Å². The van der Waals surface area contributed by atoms with Crippen molar-refractivity contribution in [3.05, 3.63) is 22.4 Å². The third kappa shape index (κ3) is 7.14. The third-order valence-corrected chi connectivity index (χ3v) is 4.60. The zero-order valence-electron chi connectivity index (χ0n) is 13.0. The monoisotopic (exact) mass is 353 g/mol. The quantitative estimate of drug-likeness (QED) is 0.311. The minimum atomic E-state index is -1.08. The average molecular weight is 354 g/mol. The fraction of sp³-hybridized carbons (Fsp3) is 0.615. The van der Waals surface area contributed by atoms with Gasteiger partial charge in [-0.05, 0) is 13.0 Å². The van der Waals surface area contributed by atoms with E-state index in [0.717, 1.165) is 10.5 Å². The van der Waals surface area contributed by atoms with Gasteiger partial charge in [0.05, 0.1) is 6.61 Å². The van der Waals surface area contributed by atoms with Crippen LogP contribution in [0.2, 0.25) is 25.7 Å². The molecule has 0 saturated heterocycles. The van der Waals surface area contributed by atoms with Gasteiger partial charge in [0.2, 0.25) is 5.97 Å². The maximum Gasteiger partial charge on any atom is 1.00 e. The van der Waals surface area contributed by atoms with E-state index in [1.807, 2.05) is 0 Å². The van der Waals surface area contributed by atoms with E-state index < -0.39 is 8.07 Å². The van der Waals surface area contributed by atoms with Gasteiger partial charge in [0.25, 0.3) is 0 Å². The summed E-state index contributed by atoms with van der Waals surface area (Å²) in [5.41, 5.74) is 0.390. The fourth-order valence-electron chi connectivity index (χ4n) is 1.43. The van der Waals surface area contributed by atoms with Crippen molar-refractivity contribution in [2.75, 3.05) is 13.2 Å². The van der Waals surface area contributed by atoms with Crippen LogP contribution >= 0.6 is 15.9 Å². The van der Waals surface area contributed by atoms with Gasteiger partial charge in [-0.2, -0.15) is 0 Å². The molecule has 20 heavy (non-hydrogen) atoms. The van der Waals surface area contributed by atoms with Gasteiger partial charge >= 0.3 is 18.9 Å². The Balaban J connectivity index is 0.00000361. The van der Waals surface area contributed by atoms with Crippen molar-refractivity contribution in [2.45, 2.75) is 39.3 Å². The van der Waals surface area contributed by atoms with Crippen LogP contribution in [-0.4, -0.2) is 31.8 Å². The van der Waals surface area contributed by atoms with Crippen molar-refractivity contribution in [1.29, 1.82) is 0 Å². The molecule has 0 atom stereocenters. The van der Waals surface area contributed by atoms with E-state index in [1.165, 1.54) is 0 Å². The van der Waals surface area contributed by atoms with Gasteiger partial charge in [-0.25, -0.2) is 0 Å². The van der Waals surface area contributed by atoms with Crippen LogP contribution in [0.4, 0.5) is 0 Å². The number of rotatable bonds is 7. The molecular formula is C13H21BrLiNO3Si. The molecule has 0 N–H and O–H groups in total. The van der Waals surface area contributed by atoms with Gasteiger partial charge in [-0.15, -0.1) is 6.07 Å². The Kier molecular flexibility index (Phi) is 9.11. The minimum absolute atomic E-state index is 0. The minimum Gasteiger partial charge on any atom is -0.518 e. The van der Waals surface area contributed by atoms with Crippen molar-refractivity contribution < 1.29 is 33.1 Å². The van der Waals surface area contributed by atoms with Crippen LogP contribution < -0.4 is 18.9 Å². The second kappa shape index (κ2) is 9.11. The predicted molar refractivity (Wildman–Crippen MR) is 81.0 cm³/mol. The molecule has 0 amide bonds. The molecule has 0 aliphatic rings. The molecule has 1 heterocycles. The number of hydrogen-bond acceptors (Lipinski definition) is 3. The molecule has 1 aromatic rings. The molecular weight excluding hydrogens is 333 g/mol. The smallest absolute Gasteiger partial charge is 0.518 e. The van der Waals surface area contributed by atoms with Gasteiger partial charge < -0.3 is 18.8 Å². The molecule has 0 fully saturated rings. The summed E-state index contributed by atoms with van der Waals surface area (Å²) in [5.74, 6) is -0.373. The summed E-state index contributed by atoms with van der Waals surface area (Å²) in [7, 11) is -1.08. The topological polar surface area (TPSA) is 40.5 Å². The molecule has 4 nitrogen and oxygen atoms in total. The Morgan fingerprint density at radius 1 is 1.45 bits per heavy atom. The molecule has 1 aromatic heterocycles. The molecule has 0 aliphatic carbocycles. The SMILES string of the molecule is CCOC(=O)c1[c-]c(Br)cn1COCC[Si](C)(C)C.[Li+]. The summed E-state index contributed by atoms with van der Waals surface area (Å²) in [4.78, 5) is 11.7. The number of ether oxygens (including phenoxy) is 2. The predicted octanol–water partition coefficient (Wildman–Crippen LogP) is 0.544. The van der Waals surface area contributed by atoms with Crippen molar-refractivity contribution in [3.8, 4) is 0 Å². The van der Waals surface area contributed by atoms with Crippen molar-refractivity contribution >= 4 is 30.0 Å². The van der Waals surface area contributed by atoms with Crippen LogP contribution in [0.25, 0.3) is 0 Å². The Morgan fingerprint density at radius 2 is 2.10 bits per heavy atom. The van der Waals surface area contributed by atoms with E-state index in [9.17, 15) is 4.79 Å². The zero-order valence-corrected chi connectivity index (χ0v) is 15.5. The molecule has 0 aliphatic heterocycles. The van der Waals surface area contributed by atoms with Crippen LogP contribution in [0.5, 0.6) is 0 Å². The summed E-state index contributed by atoms with van der Waals surface area (Å²) in [5, 5.41) is 0. The number of carbonyl (C=O) groups is 1. The van der Waals surface area contributed by atoms with Gasteiger partial charge in [-0.3, -0.25) is 0 Å². The van der Waals surface area contributed by atoms with Crippen molar-refractivity contribution in [1.82, 2.24) is 4.57 Å². The number of carbonyl (C=O) groups excluding carboxylic acids is 1. The van der Waals surface area contributed by atoms with Crippen LogP contribution in [0, 0.1) is 6.07 Å². The summed E-state index contributed by atoms with van der Waals surface area (Å²) in [6.45, 7) is 10.1. The van der Waals surface area contributed by atoms with Gasteiger partial charge in [0.15, 0.2) is 0 Å². The molecule has 0 aromatic carbocycles. The summed E-state index contributed by atoms with van der Waals surface area (Å²) in [6, 6.07) is 4.03. The second-order valence-electron chi connectivity index (χ2n) is 5.49. The molecule has 7 heteroatoms. The van der Waals surface area contributed by atoms with E-state index in [-0.39, 0.29) is 24.8 Å². The van der Waals surface area contributed by atoms with Gasteiger partial charge in [0.1, 0.15) is 6.73 Å².